The van der Waals surface area contributed by atoms with Crippen LogP contribution in [0.3, 0.4) is 0 Å². The minimum absolute atomic E-state index is 0.0679. The fraction of sp³-hybridized carbons (Fsp3) is 0.500. The standard InChI is InChI=1S/C26H35N7O3S/c1-5-11-37-26-30-23(28-14-17(2)3)21-15-29-33(24(21)31-26)10-9-27-25(35)18-12-22(34)32(16-18)19-7-6-8-20(13-19)36-4/h6-8,13,15,17-18H,5,9-12,14,16H2,1-4H3,(H,27,35)(H,28,30,31). The van der Waals surface area contributed by atoms with Gasteiger partial charge in [0.2, 0.25) is 11.8 Å². The number of benzene rings is 1. The lowest BCUT2D eigenvalue weighted by Gasteiger charge is -2.17. The number of carbonyl (C=O) groups excluding carboxylic acids is 2. The maximum absolute atomic E-state index is 12.9. The summed E-state index contributed by atoms with van der Waals surface area (Å²) in [5, 5.41) is 12.5. The van der Waals surface area contributed by atoms with E-state index in [0.717, 1.165) is 41.3 Å². The molecule has 4 rings (SSSR count). The molecule has 10 nitrogen and oxygen atoms in total. The van der Waals surface area contributed by atoms with Crippen molar-refractivity contribution >= 4 is 46.1 Å². The Morgan fingerprint density at radius 2 is 2.14 bits per heavy atom. The summed E-state index contributed by atoms with van der Waals surface area (Å²) in [6.45, 7) is 8.43. The number of hydrogen-bond donors (Lipinski definition) is 2. The zero-order chi connectivity index (χ0) is 26.4. The van der Waals surface area contributed by atoms with Crippen molar-refractivity contribution in [2.75, 3.05) is 42.7 Å². The molecule has 1 saturated heterocycles. The van der Waals surface area contributed by atoms with E-state index in [1.807, 2.05) is 18.2 Å². The third-order valence-corrected chi connectivity index (χ3v) is 7.13. The summed E-state index contributed by atoms with van der Waals surface area (Å²) in [5.41, 5.74) is 1.48. The number of thioether (sulfide) groups is 1. The van der Waals surface area contributed by atoms with Gasteiger partial charge >= 0.3 is 0 Å². The Morgan fingerprint density at radius 3 is 2.89 bits per heavy atom. The largest absolute Gasteiger partial charge is 0.497 e. The minimum Gasteiger partial charge on any atom is -0.497 e. The van der Waals surface area contributed by atoms with Gasteiger partial charge < -0.3 is 20.3 Å². The zero-order valence-electron chi connectivity index (χ0n) is 21.9. The van der Waals surface area contributed by atoms with Gasteiger partial charge in [0, 0.05) is 43.6 Å². The number of carbonyl (C=O) groups is 2. The van der Waals surface area contributed by atoms with Crippen molar-refractivity contribution in [1.29, 1.82) is 0 Å². The van der Waals surface area contributed by atoms with Crippen molar-refractivity contribution in [3.05, 3.63) is 30.5 Å². The van der Waals surface area contributed by atoms with E-state index in [4.69, 9.17) is 14.7 Å². The molecule has 2 aromatic heterocycles. The van der Waals surface area contributed by atoms with Crippen LogP contribution >= 0.6 is 11.8 Å². The monoisotopic (exact) mass is 525 g/mol. The van der Waals surface area contributed by atoms with Gasteiger partial charge in [-0.3, -0.25) is 9.59 Å². The topological polar surface area (TPSA) is 114 Å². The van der Waals surface area contributed by atoms with Gasteiger partial charge in [-0.05, 0) is 24.5 Å². The molecule has 0 saturated carbocycles. The van der Waals surface area contributed by atoms with Crippen molar-refractivity contribution < 1.29 is 14.3 Å². The van der Waals surface area contributed by atoms with E-state index in [1.165, 1.54) is 0 Å². The summed E-state index contributed by atoms with van der Waals surface area (Å²) in [6, 6.07) is 7.32. The molecular formula is C26H35N7O3S. The molecule has 2 N–H and O–H groups in total. The summed E-state index contributed by atoms with van der Waals surface area (Å²) in [5.74, 6) is 2.27. The van der Waals surface area contributed by atoms with E-state index in [0.29, 0.717) is 36.5 Å². The Bertz CT molecular complexity index is 1250. The summed E-state index contributed by atoms with van der Waals surface area (Å²) in [6.07, 6.45) is 2.99. The fourth-order valence-electron chi connectivity index (χ4n) is 4.13. The number of nitrogens with one attached hydrogen (secondary N) is 2. The number of hydrogen-bond acceptors (Lipinski definition) is 8. The maximum Gasteiger partial charge on any atom is 0.227 e. The smallest absolute Gasteiger partial charge is 0.227 e. The Labute approximate surface area is 221 Å². The average molecular weight is 526 g/mol. The van der Waals surface area contributed by atoms with Gasteiger partial charge in [-0.2, -0.15) is 5.10 Å². The first kappa shape index (κ1) is 26.7. The number of nitrogens with zero attached hydrogens (tertiary/aromatic N) is 5. The number of anilines is 2. The molecule has 1 atom stereocenters. The molecule has 0 bridgehead atoms. The number of fused-ring (bicyclic) bond motifs is 1. The van der Waals surface area contributed by atoms with Gasteiger partial charge in [0.25, 0.3) is 0 Å². The van der Waals surface area contributed by atoms with E-state index >= 15 is 0 Å². The maximum atomic E-state index is 12.9. The highest BCUT2D eigenvalue weighted by Crippen LogP contribution is 2.28. The van der Waals surface area contributed by atoms with Crippen LogP contribution in [0.15, 0.2) is 35.6 Å². The van der Waals surface area contributed by atoms with E-state index in [2.05, 4.69) is 36.5 Å². The molecule has 0 spiro atoms. The predicted octanol–water partition coefficient (Wildman–Crippen LogP) is 3.57. The van der Waals surface area contributed by atoms with Crippen molar-refractivity contribution in [3.8, 4) is 5.75 Å². The van der Waals surface area contributed by atoms with E-state index in [1.54, 1.807) is 40.7 Å². The van der Waals surface area contributed by atoms with Crippen LogP contribution < -0.4 is 20.3 Å². The number of amides is 2. The Kier molecular flexibility index (Phi) is 8.86. The second-order valence-corrected chi connectivity index (χ2v) is 10.5. The third-order valence-electron chi connectivity index (χ3n) is 6.07. The van der Waals surface area contributed by atoms with Gasteiger partial charge in [0.1, 0.15) is 11.6 Å². The zero-order valence-corrected chi connectivity index (χ0v) is 22.7. The summed E-state index contributed by atoms with van der Waals surface area (Å²) in [4.78, 5) is 36.6. The lowest BCUT2D eigenvalue weighted by atomic mass is 10.1. The highest BCUT2D eigenvalue weighted by Gasteiger charge is 2.35. The molecule has 1 aliphatic heterocycles. The quantitative estimate of drug-likeness (QED) is 0.272. The molecule has 2 amide bonds. The number of aromatic nitrogens is 4. The van der Waals surface area contributed by atoms with Crippen LogP contribution in [0.4, 0.5) is 11.5 Å². The highest BCUT2D eigenvalue weighted by molar-refractivity contribution is 7.99. The fourth-order valence-corrected chi connectivity index (χ4v) is 4.83. The molecule has 3 heterocycles. The van der Waals surface area contributed by atoms with Crippen molar-refractivity contribution in [3.63, 3.8) is 0 Å². The van der Waals surface area contributed by atoms with Gasteiger partial charge in [0.05, 0.1) is 31.2 Å². The second-order valence-electron chi connectivity index (χ2n) is 9.48. The first-order valence-corrected chi connectivity index (χ1v) is 13.7. The summed E-state index contributed by atoms with van der Waals surface area (Å²) >= 11 is 1.62. The van der Waals surface area contributed by atoms with Crippen LogP contribution in [0.2, 0.25) is 0 Å². The molecule has 1 fully saturated rings. The lowest BCUT2D eigenvalue weighted by molar-refractivity contribution is -0.126. The van der Waals surface area contributed by atoms with E-state index in [-0.39, 0.29) is 18.2 Å². The number of methoxy groups -OCH3 is 1. The van der Waals surface area contributed by atoms with Crippen LogP contribution in [0, 0.1) is 11.8 Å². The number of ether oxygens (including phenoxy) is 1. The van der Waals surface area contributed by atoms with Crippen LogP contribution in [0.5, 0.6) is 5.75 Å². The normalized spacial score (nSPS) is 15.5. The molecule has 1 aliphatic rings. The molecule has 0 aliphatic carbocycles. The summed E-state index contributed by atoms with van der Waals surface area (Å²) < 4.78 is 7.06. The average Bonchev–Trinajstić information content (AvgIpc) is 3.49. The Hall–Kier alpha value is -3.34. The molecule has 0 radical (unpaired) electrons. The molecule has 1 aromatic carbocycles. The molecule has 1 unspecified atom stereocenters. The highest BCUT2D eigenvalue weighted by atomic mass is 32.2. The van der Waals surface area contributed by atoms with Crippen LogP contribution in [0.1, 0.15) is 33.6 Å². The second kappa shape index (κ2) is 12.3. The molecule has 37 heavy (non-hydrogen) atoms. The lowest BCUT2D eigenvalue weighted by Crippen LogP contribution is -2.35. The minimum atomic E-state index is -0.403. The Morgan fingerprint density at radius 1 is 1.30 bits per heavy atom. The predicted molar refractivity (Wildman–Crippen MR) is 146 cm³/mol. The van der Waals surface area contributed by atoms with Gasteiger partial charge in [0.15, 0.2) is 10.8 Å². The van der Waals surface area contributed by atoms with Crippen LogP contribution in [0.25, 0.3) is 11.0 Å². The van der Waals surface area contributed by atoms with Gasteiger partial charge in [-0.25, -0.2) is 14.6 Å². The molecule has 198 valence electrons. The molecule has 3 aromatic rings. The van der Waals surface area contributed by atoms with Crippen molar-refractivity contribution in [2.24, 2.45) is 11.8 Å². The van der Waals surface area contributed by atoms with Crippen LogP contribution in [-0.4, -0.2) is 64.1 Å². The molecule has 11 heteroatoms. The number of rotatable bonds is 12. The molecular weight excluding hydrogens is 490 g/mol. The third kappa shape index (κ3) is 6.51. The van der Waals surface area contributed by atoms with Crippen LogP contribution in [-0.2, 0) is 16.1 Å². The Balaban J connectivity index is 1.39. The van der Waals surface area contributed by atoms with Crippen molar-refractivity contribution in [1.82, 2.24) is 25.1 Å². The SMILES string of the molecule is CCCSc1nc(NCC(C)C)c2cnn(CCNC(=O)C3CC(=O)N(c4cccc(OC)c4)C3)c2n1. The summed E-state index contributed by atoms with van der Waals surface area (Å²) in [7, 11) is 1.59. The van der Waals surface area contributed by atoms with Gasteiger partial charge in [-0.15, -0.1) is 0 Å². The first-order valence-electron chi connectivity index (χ1n) is 12.7. The van der Waals surface area contributed by atoms with Crippen molar-refractivity contribution in [2.45, 2.75) is 45.3 Å². The van der Waals surface area contributed by atoms with E-state index < -0.39 is 5.92 Å². The van der Waals surface area contributed by atoms with E-state index in [9.17, 15) is 9.59 Å². The first-order chi connectivity index (χ1) is 17.9. The van der Waals surface area contributed by atoms with Gasteiger partial charge in [-0.1, -0.05) is 38.6 Å².